The molecule has 2 heteroatoms. The van der Waals surface area contributed by atoms with Gasteiger partial charge in [-0.25, -0.2) is 0 Å². The molecule has 0 radical (unpaired) electrons. The molecule has 2 nitrogen and oxygen atoms in total. The zero-order valence-electron chi connectivity index (χ0n) is 9.00. The topological polar surface area (TPSA) is 32.3 Å². The van der Waals surface area contributed by atoms with Gasteiger partial charge in [0, 0.05) is 18.5 Å². The van der Waals surface area contributed by atoms with E-state index in [9.17, 15) is 5.11 Å². The molecule has 0 bridgehead atoms. The summed E-state index contributed by atoms with van der Waals surface area (Å²) in [7, 11) is 0. The van der Waals surface area contributed by atoms with Gasteiger partial charge in [-0.05, 0) is 19.8 Å². The van der Waals surface area contributed by atoms with Crippen LogP contribution in [0.1, 0.15) is 45.4 Å². The van der Waals surface area contributed by atoms with Gasteiger partial charge in [0.2, 0.25) is 0 Å². The Hall–Kier alpha value is -0.520. The molecular weight excluding hydrogens is 174 g/mol. The van der Waals surface area contributed by atoms with Gasteiger partial charge in [0.25, 0.3) is 0 Å². The van der Waals surface area contributed by atoms with Crippen LogP contribution in [0.5, 0.6) is 0 Å². The van der Waals surface area contributed by atoms with Crippen molar-refractivity contribution in [1.29, 1.82) is 0 Å². The zero-order valence-corrected chi connectivity index (χ0v) is 9.00. The molecule has 0 aliphatic heterocycles. The highest BCUT2D eigenvalue weighted by atomic mass is 16.3. The van der Waals surface area contributed by atoms with Crippen molar-refractivity contribution in [1.82, 2.24) is 5.32 Å². The first-order valence-corrected chi connectivity index (χ1v) is 5.61. The second-order valence-corrected chi connectivity index (χ2v) is 4.29. The van der Waals surface area contributed by atoms with Crippen LogP contribution in [0.15, 0.2) is 0 Å². The molecule has 2 N–H and O–H groups in total. The molecule has 0 aromatic rings. The molecule has 0 aromatic heterocycles. The van der Waals surface area contributed by atoms with Crippen molar-refractivity contribution in [3.8, 4) is 12.3 Å². The quantitative estimate of drug-likeness (QED) is 0.530. The normalized spacial score (nSPS) is 30.4. The average Bonchev–Trinajstić information content (AvgIpc) is 2.33. The van der Waals surface area contributed by atoms with Crippen LogP contribution in [0.4, 0.5) is 0 Å². The third-order valence-electron chi connectivity index (χ3n) is 2.90. The monoisotopic (exact) mass is 195 g/mol. The van der Waals surface area contributed by atoms with Gasteiger partial charge in [0.05, 0.1) is 6.10 Å². The summed E-state index contributed by atoms with van der Waals surface area (Å²) in [6.07, 6.45) is 11.4. The van der Waals surface area contributed by atoms with Gasteiger partial charge in [-0.1, -0.05) is 19.3 Å². The van der Waals surface area contributed by atoms with Crippen molar-refractivity contribution in [2.45, 2.75) is 63.6 Å². The molecule has 0 saturated heterocycles. The molecule has 1 fully saturated rings. The summed E-state index contributed by atoms with van der Waals surface area (Å²) in [5, 5.41) is 13.3. The third kappa shape index (κ3) is 3.69. The molecule has 0 spiro atoms. The Morgan fingerprint density at radius 2 is 2.14 bits per heavy atom. The van der Waals surface area contributed by atoms with Crippen LogP contribution in [-0.4, -0.2) is 23.3 Å². The van der Waals surface area contributed by atoms with Crippen LogP contribution >= 0.6 is 0 Å². The fourth-order valence-corrected chi connectivity index (χ4v) is 2.08. The van der Waals surface area contributed by atoms with E-state index in [4.69, 9.17) is 6.42 Å². The average molecular weight is 195 g/mol. The van der Waals surface area contributed by atoms with Crippen molar-refractivity contribution < 1.29 is 5.11 Å². The number of hydrogen-bond donors (Lipinski definition) is 2. The molecule has 3 unspecified atom stereocenters. The molecule has 80 valence electrons. The highest BCUT2D eigenvalue weighted by Gasteiger charge is 2.22. The standard InChI is InChI=1S/C12H21NO/c1-3-7-10(2)13-11-8-5-4-6-9-12(11)14/h1,10-14H,4-9H2,2H3. The fourth-order valence-electron chi connectivity index (χ4n) is 2.08. The molecule has 0 amide bonds. The maximum atomic E-state index is 9.85. The lowest BCUT2D eigenvalue weighted by Gasteiger charge is -2.25. The SMILES string of the molecule is C#CCC(C)NC1CCCCCC1O. The van der Waals surface area contributed by atoms with Gasteiger partial charge in [0.15, 0.2) is 0 Å². The predicted molar refractivity (Wildman–Crippen MR) is 58.9 cm³/mol. The number of hydrogen-bond acceptors (Lipinski definition) is 2. The molecule has 1 saturated carbocycles. The second kappa shape index (κ2) is 6.06. The van der Waals surface area contributed by atoms with Crippen molar-refractivity contribution in [3.05, 3.63) is 0 Å². The van der Waals surface area contributed by atoms with Crippen molar-refractivity contribution >= 4 is 0 Å². The number of terminal acetylenes is 1. The maximum Gasteiger partial charge on any atom is 0.0693 e. The largest absolute Gasteiger partial charge is 0.392 e. The smallest absolute Gasteiger partial charge is 0.0693 e. The van der Waals surface area contributed by atoms with E-state index in [-0.39, 0.29) is 12.1 Å². The van der Waals surface area contributed by atoms with Gasteiger partial charge >= 0.3 is 0 Å². The first-order valence-electron chi connectivity index (χ1n) is 5.61. The molecular formula is C12H21NO. The van der Waals surface area contributed by atoms with Crippen LogP contribution in [0.2, 0.25) is 0 Å². The Balaban J connectivity index is 2.36. The van der Waals surface area contributed by atoms with Crippen molar-refractivity contribution in [3.63, 3.8) is 0 Å². The van der Waals surface area contributed by atoms with E-state index in [0.29, 0.717) is 6.04 Å². The first kappa shape index (κ1) is 11.6. The molecule has 0 aromatic carbocycles. The second-order valence-electron chi connectivity index (χ2n) is 4.29. The number of nitrogens with one attached hydrogen (secondary N) is 1. The molecule has 1 rings (SSSR count). The van der Waals surface area contributed by atoms with Gasteiger partial charge in [-0.3, -0.25) is 0 Å². The lowest BCUT2D eigenvalue weighted by atomic mass is 10.0. The lowest BCUT2D eigenvalue weighted by molar-refractivity contribution is 0.115. The van der Waals surface area contributed by atoms with Crippen molar-refractivity contribution in [2.75, 3.05) is 0 Å². The summed E-state index contributed by atoms with van der Waals surface area (Å²) < 4.78 is 0. The summed E-state index contributed by atoms with van der Waals surface area (Å²) in [6.45, 7) is 2.08. The van der Waals surface area contributed by atoms with Crippen LogP contribution in [0.3, 0.4) is 0 Å². The maximum absolute atomic E-state index is 9.85. The number of aliphatic hydroxyl groups excluding tert-OH is 1. The zero-order chi connectivity index (χ0) is 10.4. The molecule has 14 heavy (non-hydrogen) atoms. The van der Waals surface area contributed by atoms with E-state index in [1.807, 2.05) is 0 Å². The van der Waals surface area contributed by atoms with Crippen molar-refractivity contribution in [2.24, 2.45) is 0 Å². The summed E-state index contributed by atoms with van der Waals surface area (Å²) >= 11 is 0. The molecule has 0 heterocycles. The van der Waals surface area contributed by atoms with Crippen LogP contribution < -0.4 is 5.32 Å². The molecule has 3 atom stereocenters. The Kier molecular flexibility index (Phi) is 5.00. The Morgan fingerprint density at radius 1 is 1.43 bits per heavy atom. The fraction of sp³-hybridized carbons (Fsp3) is 0.833. The summed E-state index contributed by atoms with van der Waals surface area (Å²) in [6, 6.07) is 0.568. The lowest BCUT2D eigenvalue weighted by Crippen LogP contribution is -2.43. The van der Waals surface area contributed by atoms with E-state index < -0.39 is 0 Å². The van der Waals surface area contributed by atoms with E-state index in [1.54, 1.807) is 0 Å². The van der Waals surface area contributed by atoms with E-state index in [0.717, 1.165) is 25.7 Å². The number of rotatable bonds is 3. The van der Waals surface area contributed by atoms with E-state index >= 15 is 0 Å². The predicted octanol–water partition coefficient (Wildman–Crippen LogP) is 1.68. The molecule has 1 aliphatic rings. The van der Waals surface area contributed by atoms with Gasteiger partial charge in [-0.2, -0.15) is 0 Å². The van der Waals surface area contributed by atoms with Crippen LogP contribution in [0.25, 0.3) is 0 Å². The summed E-state index contributed by atoms with van der Waals surface area (Å²) in [5.74, 6) is 2.64. The third-order valence-corrected chi connectivity index (χ3v) is 2.90. The minimum atomic E-state index is -0.183. The van der Waals surface area contributed by atoms with Crippen LogP contribution in [0, 0.1) is 12.3 Å². The van der Waals surface area contributed by atoms with E-state index in [1.165, 1.54) is 12.8 Å². The van der Waals surface area contributed by atoms with Crippen LogP contribution in [-0.2, 0) is 0 Å². The Bertz CT molecular complexity index is 197. The Morgan fingerprint density at radius 3 is 2.86 bits per heavy atom. The molecule has 1 aliphatic carbocycles. The van der Waals surface area contributed by atoms with E-state index in [2.05, 4.69) is 18.2 Å². The highest BCUT2D eigenvalue weighted by molar-refractivity contribution is 4.90. The minimum absolute atomic E-state index is 0.183. The van der Waals surface area contributed by atoms with Gasteiger partial charge in [-0.15, -0.1) is 12.3 Å². The minimum Gasteiger partial charge on any atom is -0.392 e. The van der Waals surface area contributed by atoms with Gasteiger partial charge < -0.3 is 10.4 Å². The highest BCUT2D eigenvalue weighted by Crippen LogP contribution is 2.18. The number of aliphatic hydroxyl groups is 1. The van der Waals surface area contributed by atoms with Gasteiger partial charge in [0.1, 0.15) is 0 Å². The summed E-state index contributed by atoms with van der Waals surface area (Å²) in [4.78, 5) is 0. The first-order chi connectivity index (χ1) is 6.74. The Labute approximate surface area is 87.1 Å². The summed E-state index contributed by atoms with van der Waals surface area (Å²) in [5.41, 5.74) is 0.